The van der Waals surface area contributed by atoms with Crippen LogP contribution in [-0.2, 0) is 9.47 Å². The SMILES string of the molecule is B[C@@H](CC)SC(COC(C)C)COC(C)C. The summed E-state index contributed by atoms with van der Waals surface area (Å²) in [6.45, 7) is 12.1. The lowest BCUT2D eigenvalue weighted by molar-refractivity contribution is 0.0378. The molecule has 2 nitrogen and oxygen atoms in total. The van der Waals surface area contributed by atoms with Gasteiger partial charge in [-0.15, -0.1) is 0 Å². The minimum absolute atomic E-state index is 0.305. The summed E-state index contributed by atoms with van der Waals surface area (Å²) in [6, 6.07) is 0. The summed E-state index contributed by atoms with van der Waals surface area (Å²) in [5.74, 6) is 0. The maximum absolute atomic E-state index is 5.68. The first kappa shape index (κ1) is 16.3. The Kier molecular flexibility index (Phi) is 9.57. The topological polar surface area (TPSA) is 18.5 Å². The second-order valence-electron chi connectivity index (χ2n) is 4.74. The number of hydrogen-bond acceptors (Lipinski definition) is 3. The molecule has 0 aliphatic heterocycles. The summed E-state index contributed by atoms with van der Waals surface area (Å²) in [6.07, 6.45) is 1.81. The molecular formula is C12H27BO2S. The molecule has 16 heavy (non-hydrogen) atoms. The molecule has 0 spiro atoms. The lowest BCUT2D eigenvalue weighted by Gasteiger charge is -2.22. The van der Waals surface area contributed by atoms with E-state index in [1.807, 2.05) is 11.8 Å². The molecule has 1 atom stereocenters. The Bertz CT molecular complexity index is 153. The zero-order valence-electron chi connectivity index (χ0n) is 11.7. The molecule has 96 valence electrons. The van der Waals surface area contributed by atoms with Crippen LogP contribution in [-0.4, -0.2) is 43.7 Å². The van der Waals surface area contributed by atoms with Gasteiger partial charge in [-0.1, -0.05) is 13.3 Å². The van der Waals surface area contributed by atoms with Gasteiger partial charge in [-0.25, -0.2) is 0 Å². The lowest BCUT2D eigenvalue weighted by atomic mass is 10.0. The third-order valence-corrected chi connectivity index (χ3v) is 3.69. The molecule has 0 rings (SSSR count). The molecule has 0 aromatic carbocycles. The summed E-state index contributed by atoms with van der Waals surface area (Å²) in [5, 5.41) is 1.14. The van der Waals surface area contributed by atoms with Crippen molar-refractivity contribution in [1.82, 2.24) is 0 Å². The molecular weight excluding hydrogens is 219 g/mol. The highest BCUT2D eigenvalue weighted by Crippen LogP contribution is 2.19. The van der Waals surface area contributed by atoms with Crippen molar-refractivity contribution in [3.05, 3.63) is 0 Å². The van der Waals surface area contributed by atoms with Gasteiger partial charge in [-0.05, 0) is 32.8 Å². The third kappa shape index (κ3) is 9.55. The molecule has 0 aromatic rings. The molecule has 0 fully saturated rings. The second-order valence-corrected chi connectivity index (χ2v) is 6.48. The summed E-state index contributed by atoms with van der Waals surface area (Å²) < 4.78 is 11.4. The van der Waals surface area contributed by atoms with E-state index in [4.69, 9.17) is 9.47 Å². The summed E-state index contributed by atoms with van der Waals surface area (Å²) in [5.41, 5.74) is 0. The fraction of sp³-hybridized carbons (Fsp3) is 1.00. The van der Waals surface area contributed by atoms with Gasteiger partial charge in [-0.2, -0.15) is 11.8 Å². The van der Waals surface area contributed by atoms with Crippen molar-refractivity contribution in [1.29, 1.82) is 0 Å². The average molecular weight is 246 g/mol. The molecule has 0 radical (unpaired) electrons. The van der Waals surface area contributed by atoms with Gasteiger partial charge in [0.15, 0.2) is 0 Å². The van der Waals surface area contributed by atoms with Crippen molar-refractivity contribution >= 4 is 19.6 Å². The maximum atomic E-state index is 5.68. The van der Waals surface area contributed by atoms with Crippen molar-refractivity contribution in [2.24, 2.45) is 0 Å². The van der Waals surface area contributed by atoms with Crippen LogP contribution in [0.4, 0.5) is 0 Å². The van der Waals surface area contributed by atoms with Crippen LogP contribution < -0.4 is 0 Å². The number of ether oxygens (including phenoxy) is 2. The van der Waals surface area contributed by atoms with Gasteiger partial charge < -0.3 is 9.47 Å². The van der Waals surface area contributed by atoms with Crippen molar-refractivity contribution in [3.63, 3.8) is 0 Å². The van der Waals surface area contributed by atoms with Crippen molar-refractivity contribution in [3.8, 4) is 0 Å². The molecule has 0 aliphatic rings. The Morgan fingerprint density at radius 2 is 1.44 bits per heavy atom. The predicted octanol–water partition coefficient (Wildman–Crippen LogP) is 2.31. The van der Waals surface area contributed by atoms with Crippen LogP contribution in [0.25, 0.3) is 0 Å². The Balaban J connectivity index is 3.94. The minimum atomic E-state index is 0.305. The fourth-order valence-corrected chi connectivity index (χ4v) is 2.31. The van der Waals surface area contributed by atoms with E-state index in [2.05, 4.69) is 42.5 Å². The van der Waals surface area contributed by atoms with Crippen LogP contribution in [0, 0.1) is 0 Å². The highest BCUT2D eigenvalue weighted by molar-refractivity contribution is 8.01. The van der Waals surface area contributed by atoms with Crippen LogP contribution in [0.2, 0.25) is 0 Å². The van der Waals surface area contributed by atoms with E-state index in [9.17, 15) is 0 Å². The summed E-state index contributed by atoms with van der Waals surface area (Å²) in [4.78, 5) is 0. The molecule has 0 N–H and O–H groups in total. The Morgan fingerprint density at radius 3 is 1.75 bits per heavy atom. The first-order chi connectivity index (χ1) is 7.45. The highest BCUT2D eigenvalue weighted by atomic mass is 32.2. The first-order valence-electron chi connectivity index (χ1n) is 6.34. The minimum Gasteiger partial charge on any atom is -0.378 e. The predicted molar refractivity (Wildman–Crippen MR) is 76.2 cm³/mol. The van der Waals surface area contributed by atoms with E-state index in [0.717, 1.165) is 13.2 Å². The van der Waals surface area contributed by atoms with E-state index < -0.39 is 0 Å². The van der Waals surface area contributed by atoms with E-state index in [1.54, 1.807) is 0 Å². The van der Waals surface area contributed by atoms with Crippen molar-refractivity contribution in [2.75, 3.05) is 13.2 Å². The fourth-order valence-electron chi connectivity index (χ4n) is 1.15. The largest absolute Gasteiger partial charge is 0.378 e. The van der Waals surface area contributed by atoms with Crippen LogP contribution in [0.5, 0.6) is 0 Å². The molecule has 0 amide bonds. The van der Waals surface area contributed by atoms with Gasteiger partial charge in [0.2, 0.25) is 0 Å². The van der Waals surface area contributed by atoms with Gasteiger partial charge >= 0.3 is 0 Å². The zero-order valence-corrected chi connectivity index (χ0v) is 12.5. The zero-order chi connectivity index (χ0) is 12.6. The van der Waals surface area contributed by atoms with Crippen LogP contribution in [0.15, 0.2) is 0 Å². The summed E-state index contributed by atoms with van der Waals surface area (Å²) in [7, 11) is 2.27. The monoisotopic (exact) mass is 246 g/mol. The molecule has 0 bridgehead atoms. The number of rotatable bonds is 9. The van der Waals surface area contributed by atoms with E-state index in [0.29, 0.717) is 22.6 Å². The molecule has 0 unspecified atom stereocenters. The molecule has 0 heterocycles. The molecule has 0 aliphatic carbocycles. The van der Waals surface area contributed by atoms with E-state index >= 15 is 0 Å². The average Bonchev–Trinajstić information content (AvgIpc) is 2.21. The summed E-state index contributed by atoms with van der Waals surface area (Å²) >= 11 is 1.98. The van der Waals surface area contributed by atoms with Crippen molar-refractivity contribution in [2.45, 2.75) is 63.6 Å². The van der Waals surface area contributed by atoms with Crippen LogP contribution in [0.3, 0.4) is 0 Å². The highest BCUT2D eigenvalue weighted by Gasteiger charge is 2.15. The molecule has 4 heteroatoms. The molecule has 0 aromatic heterocycles. The Morgan fingerprint density at radius 1 is 1.00 bits per heavy atom. The second kappa shape index (κ2) is 9.37. The lowest BCUT2D eigenvalue weighted by Crippen LogP contribution is -2.25. The first-order valence-corrected chi connectivity index (χ1v) is 7.28. The number of hydrogen-bond donors (Lipinski definition) is 0. The maximum Gasteiger partial charge on any atom is 0.118 e. The van der Waals surface area contributed by atoms with Crippen LogP contribution in [0.1, 0.15) is 41.0 Å². The van der Waals surface area contributed by atoms with Gasteiger partial charge in [0.25, 0.3) is 0 Å². The van der Waals surface area contributed by atoms with Crippen LogP contribution >= 0.6 is 11.8 Å². The van der Waals surface area contributed by atoms with Gasteiger partial charge in [0, 0.05) is 0 Å². The van der Waals surface area contributed by atoms with Crippen molar-refractivity contribution < 1.29 is 9.47 Å². The number of thioether (sulfide) groups is 1. The van der Waals surface area contributed by atoms with E-state index in [1.165, 1.54) is 6.42 Å². The normalized spacial score (nSPS) is 14.0. The van der Waals surface area contributed by atoms with E-state index in [-0.39, 0.29) is 0 Å². The Labute approximate surface area is 106 Å². The standard InChI is InChI=1S/C12H27BO2S/c1-6-12(13)16-11(7-14-9(2)3)8-15-10(4)5/h9-12H,6-8,13H2,1-5H3/t12-/m1/s1. The smallest absolute Gasteiger partial charge is 0.118 e. The van der Waals surface area contributed by atoms with Gasteiger partial charge in [-0.3, -0.25) is 0 Å². The molecule has 0 saturated carbocycles. The van der Waals surface area contributed by atoms with Gasteiger partial charge in [0.05, 0.1) is 30.7 Å². The van der Waals surface area contributed by atoms with Gasteiger partial charge in [0.1, 0.15) is 7.85 Å². The Hall–Kier alpha value is 0.335. The quantitative estimate of drug-likeness (QED) is 0.582. The molecule has 0 saturated heterocycles. The third-order valence-electron chi connectivity index (χ3n) is 2.23.